The van der Waals surface area contributed by atoms with Gasteiger partial charge in [-0.2, -0.15) is 4.39 Å². The van der Waals surface area contributed by atoms with Crippen molar-refractivity contribution in [1.29, 1.82) is 0 Å². The first kappa shape index (κ1) is 8.55. The summed E-state index contributed by atoms with van der Waals surface area (Å²) in [4.78, 5) is 5.14. The van der Waals surface area contributed by atoms with E-state index in [1.807, 2.05) is 6.07 Å². The number of halogens is 1. The predicted molar refractivity (Wildman–Crippen MR) is 48.4 cm³/mol. The molecule has 71 valence electrons. The van der Waals surface area contributed by atoms with Gasteiger partial charge in [0.2, 0.25) is 5.97 Å². The van der Waals surface area contributed by atoms with Gasteiger partial charge in [-0.15, -0.1) is 0 Å². The van der Waals surface area contributed by atoms with Gasteiger partial charge in [-0.25, -0.2) is 5.43 Å². The van der Waals surface area contributed by atoms with Crippen molar-refractivity contribution in [2.75, 3.05) is 0 Å². The van der Waals surface area contributed by atoms with Crippen LogP contribution in [0.2, 0.25) is 0 Å². The van der Waals surface area contributed by atoms with Crippen LogP contribution in [0.3, 0.4) is 0 Å². The first-order valence-corrected chi connectivity index (χ1v) is 3.96. The quantitative estimate of drug-likeness (QED) is 0.769. The fraction of sp³-hybridized carbons (Fsp3) is 0. The minimum atomic E-state index is -0.667. The predicted octanol–water partition coefficient (Wildman–Crippen LogP) is 1.40. The number of hydrogen-bond acceptors (Lipinski definition) is 4. The van der Waals surface area contributed by atoms with Crippen LogP contribution < -0.4 is 10.3 Å². The Balaban J connectivity index is 2.03. The zero-order chi connectivity index (χ0) is 9.80. The van der Waals surface area contributed by atoms with E-state index in [1.165, 1.54) is 0 Å². The highest BCUT2D eigenvalue weighted by molar-refractivity contribution is 5.85. The molecule has 0 saturated carbocycles. The molecule has 0 saturated heterocycles. The number of hydrogen-bond donors (Lipinski definition) is 1. The molecule has 2 rings (SSSR count). The molecule has 0 amide bonds. The molecule has 0 atom stereocenters. The van der Waals surface area contributed by atoms with Gasteiger partial charge in [0.15, 0.2) is 5.75 Å². The SMILES string of the molecule is FC1=NN(Oc2ccccc2)N[C]=C1. The molecule has 0 aromatic heterocycles. The van der Waals surface area contributed by atoms with Gasteiger partial charge in [-0.3, -0.25) is 0 Å². The Hall–Kier alpha value is -2.04. The fourth-order valence-corrected chi connectivity index (χ4v) is 0.912. The molecule has 1 aliphatic rings. The highest BCUT2D eigenvalue weighted by Crippen LogP contribution is 2.10. The van der Waals surface area contributed by atoms with E-state index in [4.69, 9.17) is 4.84 Å². The van der Waals surface area contributed by atoms with Crippen LogP contribution in [-0.2, 0) is 0 Å². The lowest BCUT2D eigenvalue weighted by Crippen LogP contribution is -2.35. The molecule has 0 bridgehead atoms. The molecule has 1 radical (unpaired) electrons. The van der Waals surface area contributed by atoms with Crippen molar-refractivity contribution in [3.8, 4) is 5.75 Å². The lowest BCUT2D eigenvalue weighted by atomic mass is 10.3. The molecule has 0 unspecified atom stereocenters. The first-order valence-electron chi connectivity index (χ1n) is 3.96. The molecular weight excluding hydrogens is 185 g/mol. The van der Waals surface area contributed by atoms with Gasteiger partial charge in [0.05, 0.1) is 6.20 Å². The Bertz CT molecular complexity index is 364. The van der Waals surface area contributed by atoms with Crippen molar-refractivity contribution in [1.82, 2.24) is 10.7 Å². The lowest BCUT2D eigenvalue weighted by Gasteiger charge is -2.18. The van der Waals surface area contributed by atoms with Crippen molar-refractivity contribution in [3.63, 3.8) is 0 Å². The van der Waals surface area contributed by atoms with Crippen molar-refractivity contribution >= 4 is 5.97 Å². The third-order valence-electron chi connectivity index (χ3n) is 1.47. The van der Waals surface area contributed by atoms with Crippen LogP contribution in [0.1, 0.15) is 0 Å². The maximum atomic E-state index is 12.6. The molecule has 0 fully saturated rings. The third kappa shape index (κ3) is 2.01. The van der Waals surface area contributed by atoms with Crippen LogP contribution in [0.5, 0.6) is 5.75 Å². The molecule has 1 heterocycles. The third-order valence-corrected chi connectivity index (χ3v) is 1.47. The number of nitrogens with one attached hydrogen (secondary N) is 1. The monoisotopic (exact) mass is 192 g/mol. The highest BCUT2D eigenvalue weighted by atomic mass is 19.1. The zero-order valence-corrected chi connectivity index (χ0v) is 7.14. The second-order valence-corrected chi connectivity index (χ2v) is 2.50. The van der Waals surface area contributed by atoms with E-state index in [0.717, 1.165) is 11.4 Å². The Morgan fingerprint density at radius 1 is 1.36 bits per heavy atom. The topological polar surface area (TPSA) is 36.9 Å². The summed E-state index contributed by atoms with van der Waals surface area (Å²) in [6, 6.07) is 8.92. The Labute approximate surface area is 80.2 Å². The summed E-state index contributed by atoms with van der Waals surface area (Å²) in [5.41, 5.74) is 2.48. The van der Waals surface area contributed by atoms with Gasteiger partial charge in [0.1, 0.15) is 0 Å². The van der Waals surface area contributed by atoms with Crippen molar-refractivity contribution < 1.29 is 9.23 Å². The molecule has 0 aliphatic carbocycles. The van der Waals surface area contributed by atoms with Crippen molar-refractivity contribution in [2.45, 2.75) is 0 Å². The minimum absolute atomic E-state index is 0.556. The van der Waals surface area contributed by atoms with Gasteiger partial charge >= 0.3 is 0 Å². The van der Waals surface area contributed by atoms with Gasteiger partial charge in [0, 0.05) is 6.08 Å². The Kier molecular flexibility index (Phi) is 2.31. The molecule has 1 aromatic rings. The molecule has 1 aliphatic heterocycles. The summed E-state index contributed by atoms with van der Waals surface area (Å²) in [7, 11) is 0. The van der Waals surface area contributed by atoms with Crippen molar-refractivity contribution in [3.05, 3.63) is 42.6 Å². The molecule has 0 spiro atoms. The van der Waals surface area contributed by atoms with Crippen LogP contribution in [0.15, 0.2) is 41.5 Å². The molecule has 5 heteroatoms. The van der Waals surface area contributed by atoms with Gasteiger partial charge in [-0.1, -0.05) is 23.3 Å². The number of rotatable bonds is 2. The zero-order valence-electron chi connectivity index (χ0n) is 7.14. The smallest absolute Gasteiger partial charge is 0.238 e. The Morgan fingerprint density at radius 2 is 2.14 bits per heavy atom. The van der Waals surface area contributed by atoms with E-state index < -0.39 is 5.97 Å². The van der Waals surface area contributed by atoms with E-state index in [0.29, 0.717) is 5.75 Å². The minimum Gasteiger partial charge on any atom is -0.343 e. The van der Waals surface area contributed by atoms with Gasteiger partial charge in [-0.05, 0) is 17.4 Å². The van der Waals surface area contributed by atoms with Crippen LogP contribution in [-0.4, -0.2) is 11.2 Å². The molecular formula is C9H7FN3O. The van der Waals surface area contributed by atoms with Gasteiger partial charge < -0.3 is 4.84 Å². The van der Waals surface area contributed by atoms with E-state index in [2.05, 4.69) is 16.7 Å². The van der Waals surface area contributed by atoms with E-state index in [-0.39, 0.29) is 0 Å². The van der Waals surface area contributed by atoms with E-state index >= 15 is 0 Å². The maximum absolute atomic E-state index is 12.6. The van der Waals surface area contributed by atoms with Gasteiger partial charge in [0.25, 0.3) is 0 Å². The number of allylic oxidation sites excluding steroid dienone is 1. The first-order chi connectivity index (χ1) is 6.84. The Morgan fingerprint density at radius 3 is 2.86 bits per heavy atom. The van der Waals surface area contributed by atoms with Crippen molar-refractivity contribution in [2.24, 2.45) is 5.10 Å². The van der Waals surface area contributed by atoms with Crippen LogP contribution in [0, 0.1) is 6.20 Å². The number of benzene rings is 1. The van der Waals surface area contributed by atoms with Crippen LogP contribution in [0.25, 0.3) is 0 Å². The van der Waals surface area contributed by atoms with Crippen LogP contribution in [0.4, 0.5) is 4.39 Å². The number of nitrogens with zero attached hydrogens (tertiary/aromatic N) is 2. The average molecular weight is 192 g/mol. The molecule has 1 aromatic carbocycles. The molecule has 1 N–H and O–H groups in total. The summed E-state index contributed by atoms with van der Waals surface area (Å²) in [6.07, 6.45) is 3.50. The number of hydrazone groups is 1. The summed E-state index contributed by atoms with van der Waals surface area (Å²) >= 11 is 0. The van der Waals surface area contributed by atoms with E-state index in [9.17, 15) is 4.39 Å². The summed E-state index contributed by atoms with van der Waals surface area (Å²) in [6.45, 7) is 0. The summed E-state index contributed by atoms with van der Waals surface area (Å²) < 4.78 is 12.6. The second kappa shape index (κ2) is 3.78. The standard InChI is InChI=1S/C9H7FN3O/c10-9-6-7-11-13(12-9)14-8-4-2-1-3-5-8/h1-6,11H. The highest BCUT2D eigenvalue weighted by Gasteiger charge is 2.07. The second-order valence-electron chi connectivity index (χ2n) is 2.50. The summed E-state index contributed by atoms with van der Waals surface area (Å²) in [5, 5.41) is 4.30. The molecule has 14 heavy (non-hydrogen) atoms. The normalized spacial score (nSPS) is 14.6. The number of para-hydroxylation sites is 1. The number of hydrazine groups is 1. The van der Waals surface area contributed by atoms with E-state index in [1.54, 1.807) is 24.3 Å². The molecule has 4 nitrogen and oxygen atoms in total. The average Bonchev–Trinajstić information content (AvgIpc) is 2.19. The lowest BCUT2D eigenvalue weighted by molar-refractivity contribution is -0.0961. The van der Waals surface area contributed by atoms with Crippen LogP contribution >= 0.6 is 0 Å². The largest absolute Gasteiger partial charge is 0.343 e. The maximum Gasteiger partial charge on any atom is 0.238 e. The summed E-state index contributed by atoms with van der Waals surface area (Å²) in [5.74, 6) is -0.111. The fourth-order valence-electron chi connectivity index (χ4n) is 0.912.